The number of aryl methyl sites for hydroxylation is 1. The number of benzene rings is 1. The van der Waals surface area contributed by atoms with Gasteiger partial charge in [-0.05, 0) is 36.8 Å². The molecule has 124 valence electrons. The Labute approximate surface area is 135 Å². The number of ether oxygens (including phenoxy) is 1. The minimum atomic E-state index is -3.68. The van der Waals surface area contributed by atoms with E-state index in [-0.39, 0.29) is 11.6 Å². The Hall–Kier alpha value is -2.06. The Balaban J connectivity index is 2.21. The summed E-state index contributed by atoms with van der Waals surface area (Å²) in [5.74, 6) is -0.454. The first-order valence-corrected chi connectivity index (χ1v) is 8.49. The van der Waals surface area contributed by atoms with Crippen LogP contribution in [0.25, 0.3) is 0 Å². The van der Waals surface area contributed by atoms with Crippen molar-refractivity contribution >= 4 is 15.8 Å². The van der Waals surface area contributed by atoms with E-state index in [4.69, 9.17) is 4.74 Å². The van der Waals surface area contributed by atoms with E-state index in [9.17, 15) is 12.8 Å². The zero-order valence-electron chi connectivity index (χ0n) is 13.1. The summed E-state index contributed by atoms with van der Waals surface area (Å²) >= 11 is 0. The molecule has 1 aromatic carbocycles. The summed E-state index contributed by atoms with van der Waals surface area (Å²) < 4.78 is 44.4. The fraction of sp³-hybridized carbons (Fsp3) is 0.333. The molecule has 0 spiro atoms. The van der Waals surface area contributed by atoms with Crippen LogP contribution < -0.4 is 4.31 Å². The molecule has 0 aliphatic heterocycles. The lowest BCUT2D eigenvalue weighted by molar-refractivity contribution is 0.121. The molecule has 2 aromatic rings. The Morgan fingerprint density at radius 2 is 1.83 bits per heavy atom. The van der Waals surface area contributed by atoms with Crippen molar-refractivity contribution in [3.8, 4) is 0 Å². The first-order valence-electron chi connectivity index (χ1n) is 6.88. The van der Waals surface area contributed by atoms with E-state index < -0.39 is 21.9 Å². The second-order valence-corrected chi connectivity index (χ2v) is 7.10. The second-order valence-electron chi connectivity index (χ2n) is 5.05. The van der Waals surface area contributed by atoms with Crippen molar-refractivity contribution in [2.45, 2.75) is 13.0 Å². The number of rotatable bonds is 6. The quantitative estimate of drug-likeness (QED) is 0.806. The topological polar surface area (TPSA) is 72.4 Å². The van der Waals surface area contributed by atoms with Crippen LogP contribution >= 0.6 is 0 Å². The Morgan fingerprint density at radius 1 is 1.17 bits per heavy atom. The fourth-order valence-electron chi connectivity index (χ4n) is 1.98. The summed E-state index contributed by atoms with van der Waals surface area (Å²) in [7, 11) is -0.863. The highest BCUT2D eigenvalue weighted by Gasteiger charge is 2.26. The van der Waals surface area contributed by atoms with Gasteiger partial charge in [0.2, 0.25) is 10.0 Å². The van der Waals surface area contributed by atoms with Crippen LogP contribution in [0.15, 0.2) is 36.4 Å². The molecule has 1 unspecified atom stereocenters. The number of sulfonamides is 1. The zero-order chi connectivity index (χ0) is 17.0. The van der Waals surface area contributed by atoms with Crippen LogP contribution in [0.2, 0.25) is 0 Å². The van der Waals surface area contributed by atoms with Crippen molar-refractivity contribution in [3.63, 3.8) is 0 Å². The SMILES string of the molecule is COC(CS(=O)(=O)N(C)c1ccc(C)nn1)c1ccc(F)cc1. The van der Waals surface area contributed by atoms with Crippen molar-refractivity contribution in [2.75, 3.05) is 24.2 Å². The maximum absolute atomic E-state index is 13.0. The van der Waals surface area contributed by atoms with Gasteiger partial charge in [0.05, 0.1) is 17.6 Å². The molecule has 6 nitrogen and oxygen atoms in total. The van der Waals surface area contributed by atoms with E-state index in [1.54, 1.807) is 19.1 Å². The Bertz CT molecular complexity index is 749. The number of halogens is 1. The van der Waals surface area contributed by atoms with Crippen LogP contribution in [0.1, 0.15) is 17.4 Å². The zero-order valence-corrected chi connectivity index (χ0v) is 13.9. The maximum atomic E-state index is 13.0. The monoisotopic (exact) mass is 339 g/mol. The van der Waals surface area contributed by atoms with Gasteiger partial charge in [-0.3, -0.25) is 4.31 Å². The van der Waals surface area contributed by atoms with Gasteiger partial charge in [0, 0.05) is 14.2 Å². The van der Waals surface area contributed by atoms with E-state index in [0.29, 0.717) is 11.3 Å². The minimum Gasteiger partial charge on any atom is -0.376 e. The number of hydrogen-bond acceptors (Lipinski definition) is 5. The summed E-state index contributed by atoms with van der Waals surface area (Å²) in [5.41, 5.74) is 1.28. The summed E-state index contributed by atoms with van der Waals surface area (Å²) in [5, 5.41) is 7.72. The van der Waals surface area contributed by atoms with Gasteiger partial charge in [-0.15, -0.1) is 5.10 Å². The predicted octanol–water partition coefficient (Wildman–Crippen LogP) is 2.08. The number of nitrogens with zero attached hydrogens (tertiary/aromatic N) is 3. The van der Waals surface area contributed by atoms with E-state index >= 15 is 0 Å². The van der Waals surface area contributed by atoms with Crippen molar-refractivity contribution in [1.29, 1.82) is 0 Å². The lowest BCUT2D eigenvalue weighted by Crippen LogP contribution is -2.32. The first kappa shape index (κ1) is 17.3. The lowest BCUT2D eigenvalue weighted by atomic mass is 10.1. The summed E-state index contributed by atoms with van der Waals surface area (Å²) in [6.07, 6.45) is -0.707. The average molecular weight is 339 g/mol. The largest absolute Gasteiger partial charge is 0.376 e. The van der Waals surface area contributed by atoms with Crippen molar-refractivity contribution in [3.05, 3.63) is 53.5 Å². The Kier molecular flexibility index (Phi) is 5.27. The fourth-order valence-corrected chi connectivity index (χ4v) is 3.30. The molecule has 0 saturated carbocycles. The molecule has 0 N–H and O–H groups in total. The molecule has 1 heterocycles. The third-order valence-corrected chi connectivity index (χ3v) is 5.16. The molecule has 1 aromatic heterocycles. The van der Waals surface area contributed by atoms with Crippen molar-refractivity contribution in [2.24, 2.45) is 0 Å². The summed E-state index contributed by atoms with van der Waals surface area (Å²) in [6.45, 7) is 1.76. The predicted molar refractivity (Wildman–Crippen MR) is 85.1 cm³/mol. The van der Waals surface area contributed by atoms with Gasteiger partial charge >= 0.3 is 0 Å². The average Bonchev–Trinajstić information content (AvgIpc) is 2.53. The van der Waals surface area contributed by atoms with Gasteiger partial charge < -0.3 is 4.74 Å². The van der Waals surface area contributed by atoms with Gasteiger partial charge in [-0.1, -0.05) is 12.1 Å². The molecule has 0 bridgehead atoms. The first-order chi connectivity index (χ1) is 10.8. The van der Waals surface area contributed by atoms with E-state index in [1.165, 1.54) is 38.4 Å². The third-order valence-electron chi connectivity index (χ3n) is 3.41. The molecule has 0 amide bonds. The van der Waals surface area contributed by atoms with Crippen molar-refractivity contribution < 1.29 is 17.5 Å². The highest BCUT2D eigenvalue weighted by molar-refractivity contribution is 7.92. The molecule has 0 aliphatic carbocycles. The van der Waals surface area contributed by atoms with Gasteiger partial charge in [0.1, 0.15) is 5.82 Å². The highest BCUT2D eigenvalue weighted by Crippen LogP contribution is 2.22. The van der Waals surface area contributed by atoms with Gasteiger partial charge in [0.15, 0.2) is 5.82 Å². The second kappa shape index (κ2) is 7.01. The third kappa shape index (κ3) is 4.23. The molecule has 2 rings (SSSR count). The maximum Gasteiger partial charge on any atom is 0.239 e. The number of aromatic nitrogens is 2. The van der Waals surface area contributed by atoms with Gasteiger partial charge in [0.25, 0.3) is 0 Å². The van der Waals surface area contributed by atoms with E-state index in [1.807, 2.05) is 0 Å². The number of methoxy groups -OCH3 is 1. The van der Waals surface area contributed by atoms with Gasteiger partial charge in [-0.2, -0.15) is 5.10 Å². The Morgan fingerprint density at radius 3 is 2.35 bits per heavy atom. The number of anilines is 1. The standard InChI is InChI=1S/C15H18FN3O3S/c1-11-4-9-15(18-17-11)19(2)23(20,21)10-14(22-3)12-5-7-13(16)8-6-12/h4-9,14H,10H2,1-3H3. The molecule has 0 saturated heterocycles. The van der Waals surface area contributed by atoms with Crippen LogP contribution in [0.4, 0.5) is 10.2 Å². The molecule has 0 fully saturated rings. The smallest absolute Gasteiger partial charge is 0.239 e. The summed E-state index contributed by atoms with van der Waals surface area (Å²) in [4.78, 5) is 0. The van der Waals surface area contributed by atoms with Crippen LogP contribution in [0.5, 0.6) is 0 Å². The minimum absolute atomic E-state index is 0.226. The molecular formula is C15H18FN3O3S. The summed E-state index contributed by atoms with van der Waals surface area (Å²) in [6, 6.07) is 8.81. The number of hydrogen-bond donors (Lipinski definition) is 0. The van der Waals surface area contributed by atoms with Crippen LogP contribution in [-0.2, 0) is 14.8 Å². The molecular weight excluding hydrogens is 321 g/mol. The van der Waals surface area contributed by atoms with Crippen molar-refractivity contribution in [1.82, 2.24) is 10.2 Å². The van der Waals surface area contributed by atoms with E-state index in [0.717, 1.165) is 4.31 Å². The van der Waals surface area contributed by atoms with Crippen LogP contribution in [0, 0.1) is 12.7 Å². The molecule has 0 radical (unpaired) electrons. The normalized spacial score (nSPS) is 12.9. The van der Waals surface area contributed by atoms with E-state index in [2.05, 4.69) is 10.2 Å². The molecule has 23 heavy (non-hydrogen) atoms. The molecule has 0 aliphatic rings. The molecule has 1 atom stereocenters. The van der Waals surface area contributed by atoms with Crippen LogP contribution in [0.3, 0.4) is 0 Å². The lowest BCUT2D eigenvalue weighted by Gasteiger charge is -2.22. The molecule has 8 heteroatoms. The highest BCUT2D eigenvalue weighted by atomic mass is 32.2. The van der Waals surface area contributed by atoms with Crippen LogP contribution in [-0.4, -0.2) is 38.5 Å². The van der Waals surface area contributed by atoms with Gasteiger partial charge in [-0.25, -0.2) is 12.8 Å².